The first-order valence-corrected chi connectivity index (χ1v) is 10.7. The van der Waals surface area contributed by atoms with E-state index >= 15 is 0 Å². The van der Waals surface area contributed by atoms with Crippen molar-refractivity contribution >= 4 is 0 Å². The molecule has 1 aliphatic rings. The van der Waals surface area contributed by atoms with Crippen molar-refractivity contribution in [2.45, 2.75) is 45.7 Å². The molecule has 29 heavy (non-hydrogen) atoms. The predicted octanol–water partition coefficient (Wildman–Crippen LogP) is 5.55. The fourth-order valence-electron chi connectivity index (χ4n) is 4.06. The molecule has 0 saturated heterocycles. The lowest BCUT2D eigenvalue weighted by Gasteiger charge is -2.23. The Morgan fingerprint density at radius 1 is 0.931 bits per heavy atom. The average molecular weight is 387 g/mol. The zero-order chi connectivity index (χ0) is 19.9. The Bertz CT molecular complexity index is 923. The molecule has 0 fully saturated rings. The second kappa shape index (κ2) is 9.71. The van der Waals surface area contributed by atoms with Crippen LogP contribution in [0.25, 0.3) is 0 Å². The van der Waals surface area contributed by atoms with Gasteiger partial charge in [-0.2, -0.15) is 0 Å². The average Bonchev–Trinajstić information content (AvgIpc) is 2.72. The van der Waals surface area contributed by atoms with Crippen molar-refractivity contribution in [3.63, 3.8) is 0 Å². The van der Waals surface area contributed by atoms with Crippen LogP contribution in [0.2, 0.25) is 0 Å². The van der Waals surface area contributed by atoms with E-state index in [0.29, 0.717) is 0 Å². The molecule has 0 saturated carbocycles. The Morgan fingerprint density at radius 3 is 2.69 bits per heavy atom. The highest BCUT2D eigenvalue weighted by atomic mass is 16.5. The first-order chi connectivity index (χ1) is 14.3. The van der Waals surface area contributed by atoms with Crippen LogP contribution in [-0.4, -0.2) is 23.0 Å². The van der Waals surface area contributed by atoms with Crippen molar-refractivity contribution in [3.05, 3.63) is 94.8 Å². The van der Waals surface area contributed by atoms with Crippen LogP contribution in [-0.2, 0) is 19.5 Å². The minimum Gasteiger partial charge on any atom is -0.493 e. The van der Waals surface area contributed by atoms with Crippen LogP contribution in [0, 0.1) is 6.92 Å². The molecule has 0 radical (unpaired) electrons. The second-order valence-electron chi connectivity index (χ2n) is 8.08. The van der Waals surface area contributed by atoms with Crippen molar-refractivity contribution in [3.8, 4) is 5.75 Å². The van der Waals surface area contributed by atoms with Gasteiger partial charge < -0.3 is 4.74 Å². The van der Waals surface area contributed by atoms with Crippen molar-refractivity contribution in [1.82, 2.24) is 9.88 Å². The maximum absolute atomic E-state index is 6.16. The Balaban J connectivity index is 1.58. The van der Waals surface area contributed by atoms with Gasteiger partial charge >= 0.3 is 0 Å². The summed E-state index contributed by atoms with van der Waals surface area (Å²) in [5.41, 5.74) is 6.62. The van der Waals surface area contributed by atoms with Gasteiger partial charge in [0.1, 0.15) is 5.75 Å². The molecule has 0 spiro atoms. The van der Waals surface area contributed by atoms with E-state index in [9.17, 15) is 0 Å². The van der Waals surface area contributed by atoms with E-state index in [0.717, 1.165) is 44.8 Å². The van der Waals surface area contributed by atoms with Crippen LogP contribution < -0.4 is 4.74 Å². The van der Waals surface area contributed by atoms with Gasteiger partial charge in [-0.1, -0.05) is 42.0 Å². The highest BCUT2D eigenvalue weighted by molar-refractivity contribution is 5.41. The van der Waals surface area contributed by atoms with Crippen LogP contribution in [0.15, 0.2) is 67.0 Å². The zero-order valence-electron chi connectivity index (χ0n) is 17.3. The lowest BCUT2D eigenvalue weighted by molar-refractivity contribution is 0.243. The maximum atomic E-state index is 6.16. The van der Waals surface area contributed by atoms with Crippen molar-refractivity contribution < 1.29 is 4.74 Å². The van der Waals surface area contributed by atoms with Gasteiger partial charge in [-0.15, -0.1) is 0 Å². The summed E-state index contributed by atoms with van der Waals surface area (Å²) in [6, 6.07) is 19.8. The van der Waals surface area contributed by atoms with Crippen LogP contribution >= 0.6 is 0 Å². The van der Waals surface area contributed by atoms with Gasteiger partial charge in [-0.3, -0.25) is 9.88 Å². The molecule has 0 aliphatic carbocycles. The molecule has 0 amide bonds. The predicted molar refractivity (Wildman–Crippen MR) is 118 cm³/mol. The van der Waals surface area contributed by atoms with Crippen LogP contribution in [0.3, 0.4) is 0 Å². The Hall–Kier alpha value is -2.65. The minimum absolute atomic E-state index is 0.792. The number of rotatable bonds is 2. The Morgan fingerprint density at radius 2 is 1.79 bits per heavy atom. The Kier molecular flexibility index (Phi) is 6.58. The van der Waals surface area contributed by atoms with Crippen molar-refractivity contribution in [2.24, 2.45) is 0 Å². The van der Waals surface area contributed by atoms with E-state index in [1.807, 2.05) is 12.4 Å². The van der Waals surface area contributed by atoms with Gasteiger partial charge in [0.05, 0.1) is 6.61 Å². The first-order valence-electron chi connectivity index (χ1n) is 10.7. The summed E-state index contributed by atoms with van der Waals surface area (Å²) < 4.78 is 6.16. The van der Waals surface area contributed by atoms with Crippen LogP contribution in [0.5, 0.6) is 5.75 Å². The molecule has 150 valence electrons. The maximum Gasteiger partial charge on any atom is 0.122 e. The molecule has 1 aliphatic heterocycles. The van der Waals surface area contributed by atoms with Crippen molar-refractivity contribution in [1.29, 1.82) is 0 Å². The molecule has 4 rings (SSSR count). The van der Waals surface area contributed by atoms with E-state index in [1.165, 1.54) is 40.7 Å². The number of hydrogen-bond donors (Lipinski definition) is 0. The first kappa shape index (κ1) is 19.7. The van der Waals surface area contributed by atoms with E-state index < -0.39 is 0 Å². The topological polar surface area (TPSA) is 25.4 Å². The Labute approximate surface area is 174 Å². The van der Waals surface area contributed by atoms with E-state index in [-0.39, 0.29) is 0 Å². The summed E-state index contributed by atoms with van der Waals surface area (Å²) >= 11 is 0. The SMILES string of the molecule is Cc1ccc2c(c1)Cc1cccc(c1)CN(Cc1ccncc1)CCCCCO2. The monoisotopic (exact) mass is 386 g/mol. The quantitative estimate of drug-likeness (QED) is 0.578. The summed E-state index contributed by atoms with van der Waals surface area (Å²) in [7, 11) is 0. The van der Waals surface area contributed by atoms with E-state index in [1.54, 1.807) is 0 Å². The highest BCUT2D eigenvalue weighted by Crippen LogP contribution is 2.25. The number of ether oxygens (including phenoxy) is 1. The second-order valence-corrected chi connectivity index (χ2v) is 8.08. The third kappa shape index (κ3) is 5.68. The number of nitrogens with zero attached hydrogens (tertiary/aromatic N) is 2. The van der Waals surface area contributed by atoms with Crippen LogP contribution in [0.4, 0.5) is 0 Å². The normalized spacial score (nSPS) is 15.8. The van der Waals surface area contributed by atoms with Gasteiger partial charge in [-0.05, 0) is 73.2 Å². The fraction of sp³-hybridized carbons (Fsp3) is 0.346. The molecule has 3 heteroatoms. The molecule has 3 nitrogen and oxygen atoms in total. The molecule has 0 N–H and O–H groups in total. The number of pyridine rings is 1. The number of benzene rings is 2. The zero-order valence-corrected chi connectivity index (χ0v) is 17.3. The summed E-state index contributed by atoms with van der Waals surface area (Å²) in [6.07, 6.45) is 8.16. The summed E-state index contributed by atoms with van der Waals surface area (Å²) in [5.74, 6) is 1.04. The number of fused-ring (bicyclic) bond motifs is 3. The molecule has 3 aromatic rings. The minimum atomic E-state index is 0.792. The largest absolute Gasteiger partial charge is 0.493 e. The smallest absolute Gasteiger partial charge is 0.122 e. The lowest BCUT2D eigenvalue weighted by atomic mass is 10.00. The summed E-state index contributed by atoms with van der Waals surface area (Å²) in [6.45, 7) is 5.99. The molecule has 2 bridgehead atoms. The molecule has 0 unspecified atom stereocenters. The van der Waals surface area contributed by atoms with Gasteiger partial charge in [0.25, 0.3) is 0 Å². The van der Waals surface area contributed by atoms with Gasteiger partial charge in [0.2, 0.25) is 0 Å². The molecule has 2 heterocycles. The molecule has 2 aromatic carbocycles. The third-order valence-electron chi connectivity index (χ3n) is 5.54. The van der Waals surface area contributed by atoms with E-state index in [4.69, 9.17) is 4.74 Å². The molecular formula is C26H30N2O. The number of aromatic nitrogens is 1. The van der Waals surface area contributed by atoms with Gasteiger partial charge in [-0.25, -0.2) is 0 Å². The van der Waals surface area contributed by atoms with E-state index in [2.05, 4.69) is 71.4 Å². The molecule has 0 atom stereocenters. The fourth-order valence-corrected chi connectivity index (χ4v) is 4.06. The lowest BCUT2D eigenvalue weighted by Crippen LogP contribution is -2.24. The summed E-state index contributed by atoms with van der Waals surface area (Å²) in [4.78, 5) is 6.71. The molecule has 1 aromatic heterocycles. The van der Waals surface area contributed by atoms with Gasteiger partial charge in [0.15, 0.2) is 0 Å². The number of hydrogen-bond acceptors (Lipinski definition) is 3. The molecular weight excluding hydrogens is 356 g/mol. The third-order valence-corrected chi connectivity index (χ3v) is 5.54. The standard InChI is InChI=1S/C26H30N2O/c1-21-8-9-26-25(16-21)18-23-6-5-7-24(17-23)20-28(14-3-2-4-15-29-26)19-22-10-12-27-13-11-22/h5-13,16-17H,2-4,14-15,18-20H2,1H3. The highest BCUT2D eigenvalue weighted by Gasteiger charge is 2.11. The number of aryl methyl sites for hydroxylation is 1. The van der Waals surface area contributed by atoms with Gasteiger partial charge in [0, 0.05) is 31.9 Å². The van der Waals surface area contributed by atoms with Crippen molar-refractivity contribution in [2.75, 3.05) is 13.2 Å². The van der Waals surface area contributed by atoms with Crippen LogP contribution in [0.1, 0.15) is 47.1 Å². The summed E-state index contributed by atoms with van der Waals surface area (Å²) in [5, 5.41) is 0.